The minimum atomic E-state index is -2.48. The summed E-state index contributed by atoms with van der Waals surface area (Å²) in [5.74, 6) is -7.50. The standard InChI is InChI=1S/C96H128N18O21/c1-58-14-9-8-10-15-59(2)77(126-6)48-69-16-13-26-96(125,135-69)87(120)91(122)113-28-12-11-17-73(113)92(123)132-78(49-74(115)60(3)43-62(5)85(118)86(119)84(117)61(4)42-58)70(97)45-63-19-22-76(79(46-63)127-7)134-95(124)105-52-65-50-103-94(104-51-65)111-32-30-110(31-33-111)80-54-101-72(53-102-80)90(121)100-27-35-129-37-39-131-41-40-130-38-36-128-34-25-81(116)112-29-24-66-44-64(18-20-68(66)56-112)55-114-89-82(88(98)106-57-107-89)83(109-114)67-21-23-75-71(47-67)108-93(99)133-75/h8-10,14-15,18,20-21,23,43-44,47,50-51,53-54,57-58,60-61,63,69-70,73,76-79,85-86,118-119,125H,11-13,16-17,19,22,24-42,45-46,48-49,52,55-56,97H2,1-7H3,(H2,99,108)(H,100,121)(H,105,124)(H2,98,106,107)/b10-8+,14-9+,59-15+,62-43+/t58-,60-,61-,63+,69+,70-,73+,76-,77+,78+,79-,85-,86+,96-/m1/s1. The average molecular weight is 1870 g/mol. The Bertz CT molecular complexity index is 5350. The number of hydrogen-bond donors (Lipinski definition) is 8. The number of aliphatic hydroxyl groups is 3. The fourth-order valence-electron chi connectivity index (χ4n) is 18.2. The second-order valence-electron chi connectivity index (χ2n) is 35.7. The molecule has 4 fully saturated rings. The summed E-state index contributed by atoms with van der Waals surface area (Å²) in [5, 5.41) is 45.6. The second kappa shape index (κ2) is 48.3. The van der Waals surface area contributed by atoms with Gasteiger partial charge in [-0.1, -0.05) is 75.4 Å². The predicted octanol–water partition coefficient (Wildman–Crippen LogP) is 6.74. The minimum Gasteiger partial charge on any atom is -0.459 e. The van der Waals surface area contributed by atoms with E-state index < -0.39 is 114 Å². The summed E-state index contributed by atoms with van der Waals surface area (Å²) in [6.07, 6.45) is 15.0. The number of ketones is 3. The van der Waals surface area contributed by atoms with Gasteiger partial charge in [0.05, 0.1) is 102 Å². The van der Waals surface area contributed by atoms with Gasteiger partial charge in [-0.15, -0.1) is 0 Å². The number of anilines is 4. The van der Waals surface area contributed by atoms with Crippen LogP contribution in [0.15, 0.2) is 120 Å². The Hall–Kier alpha value is -11.5. The lowest BCUT2D eigenvalue weighted by Crippen LogP contribution is -2.58. The molecule has 6 aliphatic rings. The van der Waals surface area contributed by atoms with Gasteiger partial charge in [-0.3, -0.25) is 28.8 Å². The third-order valence-electron chi connectivity index (χ3n) is 25.9. The number of nitrogen functional groups attached to an aromatic ring is 2. The zero-order valence-electron chi connectivity index (χ0n) is 77.9. The topological polar surface area (TPSA) is 517 Å². The molecule has 1 aliphatic carbocycles. The third kappa shape index (κ3) is 27.0. The highest BCUT2D eigenvalue weighted by Crippen LogP contribution is 2.38. The lowest BCUT2D eigenvalue weighted by Gasteiger charge is -2.40. The summed E-state index contributed by atoms with van der Waals surface area (Å²) in [4.78, 5) is 149. The zero-order valence-corrected chi connectivity index (χ0v) is 77.9. The first-order valence-electron chi connectivity index (χ1n) is 46.7. The Kier molecular flexibility index (Phi) is 36.1. The van der Waals surface area contributed by atoms with Crippen molar-refractivity contribution >= 4 is 92.9 Å². The number of nitrogens with two attached hydrogens (primary N) is 3. The molecule has 5 aromatic heterocycles. The van der Waals surface area contributed by atoms with Gasteiger partial charge in [0.1, 0.15) is 71.1 Å². The number of esters is 1. The van der Waals surface area contributed by atoms with E-state index in [9.17, 15) is 53.7 Å². The molecule has 13 rings (SSSR count). The van der Waals surface area contributed by atoms with E-state index in [-0.39, 0.29) is 106 Å². The molecular weight excluding hydrogens is 1740 g/mol. The van der Waals surface area contributed by atoms with Gasteiger partial charge in [0.15, 0.2) is 17.0 Å². The van der Waals surface area contributed by atoms with E-state index in [2.05, 4.69) is 62.6 Å². The first-order chi connectivity index (χ1) is 65.1. The largest absolute Gasteiger partial charge is 0.459 e. The molecule has 7 aromatic rings. The summed E-state index contributed by atoms with van der Waals surface area (Å²) in [7, 11) is 3.05. The minimum absolute atomic E-state index is 0.00580. The molecule has 0 radical (unpaired) electrons. The predicted molar refractivity (Wildman–Crippen MR) is 496 cm³/mol. The van der Waals surface area contributed by atoms with Crippen LogP contribution in [0.25, 0.3) is 33.4 Å². The van der Waals surface area contributed by atoms with Crippen LogP contribution in [0.4, 0.5) is 28.4 Å². The Morgan fingerprint density at radius 1 is 0.711 bits per heavy atom. The monoisotopic (exact) mass is 1870 g/mol. The Morgan fingerprint density at radius 2 is 1.46 bits per heavy atom. The number of oxazole rings is 1. The zero-order chi connectivity index (χ0) is 95.8. The van der Waals surface area contributed by atoms with Crippen LogP contribution >= 0.6 is 0 Å². The van der Waals surface area contributed by atoms with Gasteiger partial charge in [-0.25, -0.2) is 44.2 Å². The van der Waals surface area contributed by atoms with Gasteiger partial charge in [-0.2, -0.15) is 10.1 Å². The van der Waals surface area contributed by atoms with E-state index >= 15 is 0 Å². The number of piperidine rings is 1. The highest BCUT2D eigenvalue weighted by Gasteiger charge is 2.50. The van der Waals surface area contributed by atoms with E-state index in [4.69, 9.17) is 69.3 Å². The number of Topliss-reactive ketones (excluding diaryl/α,β-unsaturated/α-hetero) is 3. The molecule has 2 bridgehead atoms. The smallest absolute Gasteiger partial charge is 0.407 e. The maximum absolute atomic E-state index is 14.7. The van der Waals surface area contributed by atoms with Crippen molar-refractivity contribution in [2.24, 2.45) is 29.4 Å². The van der Waals surface area contributed by atoms with Crippen molar-refractivity contribution in [1.82, 2.24) is 65.1 Å². The maximum atomic E-state index is 14.7. The molecule has 2 aromatic carbocycles. The van der Waals surface area contributed by atoms with Crippen LogP contribution in [-0.2, 0) is 97.5 Å². The number of rotatable bonds is 29. The van der Waals surface area contributed by atoms with Gasteiger partial charge >= 0.3 is 12.1 Å². The number of methoxy groups -OCH3 is 2. The number of amides is 4. The van der Waals surface area contributed by atoms with Gasteiger partial charge in [-0.05, 0) is 142 Å². The van der Waals surface area contributed by atoms with Crippen molar-refractivity contribution in [2.75, 3.05) is 134 Å². The van der Waals surface area contributed by atoms with Gasteiger partial charge in [0.2, 0.25) is 17.6 Å². The summed E-state index contributed by atoms with van der Waals surface area (Å²) >= 11 is 0. The van der Waals surface area contributed by atoms with E-state index in [1.54, 1.807) is 45.6 Å². The van der Waals surface area contributed by atoms with Crippen molar-refractivity contribution in [3.8, 4) is 11.3 Å². The fourth-order valence-corrected chi connectivity index (χ4v) is 18.2. The van der Waals surface area contributed by atoms with E-state index in [0.29, 0.717) is 194 Å². The number of carbonyl (C=O) groups excluding carboxylic acids is 8. The molecule has 4 amide bonds. The number of aromatic nitrogens is 9. The number of fused-ring (bicyclic) bond motifs is 6. The SMILES string of the molecule is CO[C@H]1C[C@@H]2CCC[C@@](O)(O2)C(=O)C(=O)N2CCCC[C@H]2C(=O)O[C@H]([C@H](N)C[C@@H]2CC[C@@H](OC(=O)NCc3cnc(N4CCN(c5cnc(C(=O)NCCOCCOCCOCCOCCC(=O)N6CCc7cc(Cn8nc(-c9ccc%10oc(N)nc%10c9)c9c(N)ncnc98)ccc7C6)cn5)CC4)nc3)[C@H](OC)C2)CC(=O)[C@H](C)/C=C(\C)[C@@H](O)[C@@H](O)C(=O)[C@H](C)C[C@H](C)/C=C/C=C/C=C/1C. The molecule has 0 unspecified atom stereocenters. The van der Waals surface area contributed by atoms with E-state index in [1.165, 1.54) is 38.2 Å². The molecule has 728 valence electrons. The molecule has 1 saturated carbocycles. The molecule has 14 atom stereocenters. The quantitative estimate of drug-likeness (QED) is 0.0104. The first-order valence-corrected chi connectivity index (χ1v) is 46.7. The normalized spacial score (nSPS) is 26.1. The van der Waals surface area contributed by atoms with Crippen LogP contribution in [0.1, 0.15) is 157 Å². The Morgan fingerprint density at radius 3 is 2.20 bits per heavy atom. The first kappa shape index (κ1) is 101. The van der Waals surface area contributed by atoms with Crippen molar-refractivity contribution in [3.05, 3.63) is 143 Å². The number of carbonyl (C=O) groups is 8. The molecule has 5 aliphatic heterocycles. The molecule has 10 heterocycles. The van der Waals surface area contributed by atoms with Crippen LogP contribution in [0.3, 0.4) is 0 Å². The number of piperazine rings is 1. The van der Waals surface area contributed by atoms with Crippen LogP contribution < -0.4 is 37.6 Å². The number of benzene rings is 2. The van der Waals surface area contributed by atoms with E-state index in [0.717, 1.165) is 27.2 Å². The summed E-state index contributed by atoms with van der Waals surface area (Å²) in [6.45, 7) is 15.3. The Labute approximate surface area is 784 Å². The van der Waals surface area contributed by atoms with Crippen LogP contribution in [0.2, 0.25) is 0 Å². The highest BCUT2D eigenvalue weighted by molar-refractivity contribution is 6.39. The van der Waals surface area contributed by atoms with Crippen molar-refractivity contribution in [1.29, 1.82) is 0 Å². The van der Waals surface area contributed by atoms with Crippen LogP contribution in [0, 0.1) is 23.7 Å². The van der Waals surface area contributed by atoms with Crippen molar-refractivity contribution < 1.29 is 101 Å². The number of allylic oxidation sites excluding steroid dienone is 6. The third-order valence-corrected chi connectivity index (χ3v) is 25.9. The number of hydrogen-bond acceptors (Lipinski definition) is 34. The fraction of sp³-hybridized carbons (Fsp3) is 0.562. The molecule has 39 heteroatoms. The molecule has 11 N–H and O–H groups in total. The van der Waals surface area contributed by atoms with E-state index in [1.807, 2.05) is 76.9 Å². The number of nitrogens with one attached hydrogen (secondary N) is 2. The lowest BCUT2D eigenvalue weighted by atomic mass is 9.80. The van der Waals surface area contributed by atoms with Crippen LogP contribution in [-0.4, -0.2) is 290 Å². The molecule has 3 saturated heterocycles. The molecular formula is C96H128N18O21. The molecule has 0 spiro atoms. The van der Waals surface area contributed by atoms with Gasteiger partial charge in [0.25, 0.3) is 23.6 Å². The number of alkyl carbamates (subject to hydrolysis) is 1. The maximum Gasteiger partial charge on any atom is 0.407 e. The van der Waals surface area contributed by atoms with Gasteiger partial charge < -0.3 is 110 Å². The Balaban J connectivity index is 0.487. The average Bonchev–Trinajstić information content (AvgIpc) is 1.56. The van der Waals surface area contributed by atoms with Crippen molar-refractivity contribution in [2.45, 2.75) is 211 Å². The molecule has 135 heavy (non-hydrogen) atoms. The molecule has 39 nitrogen and oxygen atoms in total. The lowest BCUT2D eigenvalue weighted by molar-refractivity contribution is -0.245. The highest BCUT2D eigenvalue weighted by atomic mass is 16.6. The van der Waals surface area contributed by atoms with Crippen LogP contribution in [0.5, 0.6) is 0 Å². The summed E-state index contributed by atoms with van der Waals surface area (Å²) in [6, 6.07) is 9.61. The summed E-state index contributed by atoms with van der Waals surface area (Å²) in [5.41, 5.74) is 27.5. The number of aliphatic hydroxyl groups excluding tert-OH is 2. The number of cyclic esters (lactones) is 1. The second-order valence-corrected chi connectivity index (χ2v) is 35.7. The number of ether oxygens (including phenoxy) is 9. The number of nitrogens with zero attached hydrogens (tertiary/aromatic N) is 13. The van der Waals surface area contributed by atoms with Crippen molar-refractivity contribution in [3.63, 3.8) is 0 Å². The van der Waals surface area contributed by atoms with Gasteiger partial charge in [0, 0.05) is 134 Å². The summed E-state index contributed by atoms with van der Waals surface area (Å²) < 4.78 is 60.0.